The van der Waals surface area contributed by atoms with Crippen molar-refractivity contribution in [2.75, 3.05) is 0 Å². The van der Waals surface area contributed by atoms with Gasteiger partial charge in [0.2, 0.25) is 6.33 Å². The van der Waals surface area contributed by atoms with E-state index in [1.54, 1.807) is 0 Å². The molecule has 3 heterocycles. The third kappa shape index (κ3) is 5.15. The minimum Gasteiger partial charge on any atom is -0.294 e. The molecule has 0 unspecified atom stereocenters. The van der Waals surface area contributed by atoms with E-state index in [9.17, 15) is 0 Å². The quantitative estimate of drug-likeness (QED) is 0.160. The topological polar surface area (TPSA) is 26.6 Å². The Labute approximate surface area is 345 Å². The van der Waals surface area contributed by atoms with Crippen molar-refractivity contribution >= 4 is 32.8 Å². The van der Waals surface area contributed by atoms with Crippen LogP contribution in [0.1, 0.15) is 54.2 Å². The maximum Gasteiger partial charge on any atom is 0.250 e. The smallest absolute Gasteiger partial charge is 0.250 e. The van der Waals surface area contributed by atoms with Crippen LogP contribution in [0, 0.1) is 13.8 Å². The zero-order chi connectivity index (χ0) is 40.0. The van der Waals surface area contributed by atoms with Gasteiger partial charge in [-0.25, -0.2) is 9.55 Å². The Morgan fingerprint density at radius 3 is 1.92 bits per heavy atom. The van der Waals surface area contributed by atoms with Gasteiger partial charge in [0, 0.05) is 17.0 Å². The van der Waals surface area contributed by atoms with E-state index in [1.807, 2.05) is 6.20 Å². The Hall–Kier alpha value is -7.04. The van der Waals surface area contributed by atoms with Gasteiger partial charge in [0.25, 0.3) is 0 Å². The van der Waals surface area contributed by atoms with Gasteiger partial charge in [-0.2, -0.15) is 4.57 Å². The van der Waals surface area contributed by atoms with Crippen molar-refractivity contribution < 1.29 is 4.57 Å². The summed E-state index contributed by atoms with van der Waals surface area (Å²) in [6.45, 7) is 11.2. The molecule has 0 saturated heterocycles. The number of fused-ring (bicyclic) bond motifs is 7. The molecule has 4 heteroatoms. The number of para-hydroxylation sites is 3. The van der Waals surface area contributed by atoms with Crippen molar-refractivity contribution in [2.45, 2.75) is 45.6 Å². The van der Waals surface area contributed by atoms with Gasteiger partial charge in [-0.1, -0.05) is 121 Å². The molecule has 0 amide bonds. The Kier molecular flexibility index (Phi) is 7.74. The highest BCUT2D eigenvalue weighted by atomic mass is 15.2. The van der Waals surface area contributed by atoms with Crippen LogP contribution < -0.4 is 4.57 Å². The van der Waals surface area contributed by atoms with Crippen molar-refractivity contribution in [3.8, 4) is 33.8 Å². The summed E-state index contributed by atoms with van der Waals surface area (Å²) >= 11 is 0. The standard InChI is InChI=1S/C55H45N4/c1-36-16-14-17-37(2)53(36)38-30-31-56-52(32-38)59-48-25-11-8-22-44(48)45-29-28-40(34-51(45)59)55(46-23-9-6-20-42(46)43-21-7-10-24-47(43)55)39-18-15-19-41(33-39)57-35-58(54(3,4)5)50-27-13-12-26-49(50)57/h6-35H,1-5H3/q+1. The van der Waals surface area contributed by atoms with Crippen LogP contribution in [0.3, 0.4) is 0 Å². The monoisotopic (exact) mass is 761 g/mol. The molecule has 0 fully saturated rings. The minimum atomic E-state index is -0.602. The lowest BCUT2D eigenvalue weighted by Gasteiger charge is -2.34. The molecule has 0 saturated carbocycles. The van der Waals surface area contributed by atoms with Crippen LogP contribution in [-0.4, -0.2) is 14.1 Å². The number of benzene rings is 7. The number of hydrogen-bond donors (Lipinski definition) is 0. The molecule has 1 aliphatic carbocycles. The molecular formula is C55H45N4+. The molecule has 10 aromatic rings. The van der Waals surface area contributed by atoms with Crippen molar-refractivity contribution in [1.29, 1.82) is 0 Å². The van der Waals surface area contributed by atoms with Crippen LogP contribution in [0.2, 0.25) is 0 Å². The van der Waals surface area contributed by atoms with Crippen LogP contribution >= 0.6 is 0 Å². The molecule has 4 nitrogen and oxygen atoms in total. The van der Waals surface area contributed by atoms with Gasteiger partial charge in [0.05, 0.1) is 16.4 Å². The Morgan fingerprint density at radius 2 is 1.17 bits per heavy atom. The minimum absolute atomic E-state index is 0.0893. The third-order valence-corrected chi connectivity index (χ3v) is 12.7. The van der Waals surface area contributed by atoms with Crippen molar-refractivity contribution in [1.82, 2.24) is 14.1 Å². The average Bonchev–Trinajstić information content (AvgIpc) is 3.91. The van der Waals surface area contributed by atoms with E-state index < -0.39 is 5.41 Å². The highest BCUT2D eigenvalue weighted by molar-refractivity contribution is 6.09. The summed E-state index contributed by atoms with van der Waals surface area (Å²) in [6.07, 6.45) is 4.24. The number of aryl methyl sites for hydroxylation is 2. The lowest BCUT2D eigenvalue weighted by molar-refractivity contribution is -0.731. The highest BCUT2D eigenvalue weighted by Gasteiger charge is 2.46. The molecule has 0 bridgehead atoms. The molecule has 0 spiro atoms. The maximum absolute atomic E-state index is 5.09. The summed E-state index contributed by atoms with van der Waals surface area (Å²) in [7, 11) is 0. The zero-order valence-electron chi connectivity index (χ0n) is 34.1. The molecular weight excluding hydrogens is 717 g/mol. The van der Waals surface area contributed by atoms with E-state index >= 15 is 0 Å². The van der Waals surface area contributed by atoms with Crippen molar-refractivity contribution in [3.63, 3.8) is 0 Å². The predicted octanol–water partition coefficient (Wildman–Crippen LogP) is 12.8. The lowest BCUT2D eigenvalue weighted by Crippen LogP contribution is -2.49. The number of nitrogens with zero attached hydrogens (tertiary/aromatic N) is 4. The number of aromatic nitrogens is 4. The fourth-order valence-corrected chi connectivity index (χ4v) is 10.2. The van der Waals surface area contributed by atoms with Gasteiger partial charge in [-0.05, 0) is 139 Å². The molecule has 7 aromatic carbocycles. The van der Waals surface area contributed by atoms with Crippen LogP contribution in [0.15, 0.2) is 182 Å². The molecule has 3 aromatic heterocycles. The molecule has 59 heavy (non-hydrogen) atoms. The summed E-state index contributed by atoms with van der Waals surface area (Å²) in [4.78, 5) is 5.09. The number of imidazole rings is 1. The first-order valence-electron chi connectivity index (χ1n) is 20.6. The molecule has 284 valence electrons. The van der Waals surface area contributed by atoms with E-state index in [-0.39, 0.29) is 5.54 Å². The normalized spacial score (nSPS) is 13.3. The summed E-state index contributed by atoms with van der Waals surface area (Å²) in [6, 6.07) is 62.9. The molecule has 1 aliphatic rings. The SMILES string of the molecule is Cc1cccc(C)c1-c1ccnc(-n2c3ccccc3c3ccc(C4(c5cccc(-n6c[n+](C(C)(C)C)c7ccccc76)c5)c5ccccc5-c5ccccc54)cc32)c1. The first-order valence-corrected chi connectivity index (χ1v) is 20.6. The summed E-state index contributed by atoms with van der Waals surface area (Å²) in [5.41, 5.74) is 17.6. The van der Waals surface area contributed by atoms with Gasteiger partial charge in [-0.15, -0.1) is 0 Å². The Bertz CT molecular complexity index is 3230. The van der Waals surface area contributed by atoms with E-state index in [2.05, 4.69) is 225 Å². The zero-order valence-corrected chi connectivity index (χ0v) is 34.1. The average molecular weight is 762 g/mol. The molecule has 0 N–H and O–H groups in total. The first kappa shape index (κ1) is 35.1. The van der Waals surface area contributed by atoms with Crippen LogP contribution in [0.25, 0.3) is 66.6 Å². The number of rotatable bonds is 5. The lowest BCUT2D eigenvalue weighted by atomic mass is 9.67. The third-order valence-electron chi connectivity index (χ3n) is 12.7. The fraction of sp³-hybridized carbons (Fsp3) is 0.127. The molecule has 0 atom stereocenters. The van der Waals surface area contributed by atoms with Crippen LogP contribution in [-0.2, 0) is 11.0 Å². The second-order valence-electron chi connectivity index (χ2n) is 17.2. The molecule has 0 radical (unpaired) electrons. The van der Waals surface area contributed by atoms with Gasteiger partial charge < -0.3 is 0 Å². The van der Waals surface area contributed by atoms with E-state index in [0.29, 0.717) is 0 Å². The van der Waals surface area contributed by atoms with Gasteiger partial charge in [0.1, 0.15) is 17.0 Å². The Morgan fingerprint density at radius 1 is 0.542 bits per heavy atom. The highest BCUT2D eigenvalue weighted by Crippen LogP contribution is 2.56. The van der Waals surface area contributed by atoms with E-state index in [0.717, 1.165) is 22.5 Å². The summed E-state index contributed by atoms with van der Waals surface area (Å²) < 4.78 is 7.13. The first-order chi connectivity index (χ1) is 28.7. The molecule has 0 aliphatic heterocycles. The fourth-order valence-electron chi connectivity index (χ4n) is 10.2. The summed E-state index contributed by atoms with van der Waals surface area (Å²) in [5, 5.41) is 2.42. The van der Waals surface area contributed by atoms with E-state index in [4.69, 9.17) is 4.98 Å². The largest absolute Gasteiger partial charge is 0.294 e. The number of hydrogen-bond acceptors (Lipinski definition) is 1. The van der Waals surface area contributed by atoms with Crippen LogP contribution in [0.5, 0.6) is 0 Å². The van der Waals surface area contributed by atoms with Crippen molar-refractivity contribution in [3.05, 3.63) is 216 Å². The summed E-state index contributed by atoms with van der Waals surface area (Å²) in [5.74, 6) is 0.906. The molecule has 11 rings (SSSR count). The second-order valence-corrected chi connectivity index (χ2v) is 17.2. The number of pyridine rings is 1. The van der Waals surface area contributed by atoms with E-state index in [1.165, 1.54) is 77.4 Å². The second kappa shape index (κ2) is 13.0. The van der Waals surface area contributed by atoms with Crippen molar-refractivity contribution in [2.24, 2.45) is 0 Å². The van der Waals surface area contributed by atoms with Crippen LogP contribution in [0.4, 0.5) is 0 Å². The van der Waals surface area contributed by atoms with Gasteiger partial charge >= 0.3 is 0 Å². The maximum atomic E-state index is 5.09. The predicted molar refractivity (Wildman–Crippen MR) is 243 cm³/mol. The Balaban J connectivity index is 1.20. The van der Waals surface area contributed by atoms with Gasteiger partial charge in [0.15, 0.2) is 11.0 Å². The van der Waals surface area contributed by atoms with Gasteiger partial charge in [-0.3, -0.25) is 4.57 Å².